The van der Waals surface area contributed by atoms with E-state index in [1.165, 1.54) is 0 Å². The third-order valence-corrected chi connectivity index (χ3v) is 5.01. The van der Waals surface area contributed by atoms with Crippen molar-refractivity contribution in [3.05, 3.63) is 42.7 Å². The van der Waals surface area contributed by atoms with E-state index < -0.39 is 0 Å². The van der Waals surface area contributed by atoms with E-state index in [-0.39, 0.29) is 0 Å². The summed E-state index contributed by atoms with van der Waals surface area (Å²) in [5, 5.41) is 0.983. The third-order valence-electron chi connectivity index (χ3n) is 5.01. The Bertz CT molecular complexity index is 1130. The highest BCUT2D eigenvalue weighted by Gasteiger charge is 2.20. The summed E-state index contributed by atoms with van der Waals surface area (Å²) >= 11 is 0. The van der Waals surface area contributed by atoms with Crippen LogP contribution in [0.25, 0.3) is 28.4 Å². The number of hydrogen-bond acceptors (Lipinski definition) is 7. The van der Waals surface area contributed by atoms with Gasteiger partial charge in [0.25, 0.3) is 0 Å². The van der Waals surface area contributed by atoms with Crippen LogP contribution in [0.3, 0.4) is 0 Å². The molecule has 4 aromatic rings. The second kappa shape index (κ2) is 7.59. The van der Waals surface area contributed by atoms with E-state index in [2.05, 4.69) is 26.8 Å². The second-order valence-electron chi connectivity index (χ2n) is 6.92. The number of nitrogens with zero attached hydrogens (tertiary/aromatic N) is 7. The molecule has 0 unspecified atom stereocenters. The predicted molar refractivity (Wildman–Crippen MR) is 109 cm³/mol. The van der Waals surface area contributed by atoms with Gasteiger partial charge in [-0.2, -0.15) is 15.0 Å². The van der Waals surface area contributed by atoms with Gasteiger partial charge < -0.3 is 14.6 Å². The van der Waals surface area contributed by atoms with Crippen molar-refractivity contribution >= 4 is 17.0 Å². The highest BCUT2D eigenvalue weighted by molar-refractivity contribution is 5.90. The molecule has 0 atom stereocenters. The normalized spacial score (nSPS) is 14.6. The summed E-state index contributed by atoms with van der Waals surface area (Å²) in [6.45, 7) is 4.98. The molecule has 0 radical (unpaired) electrons. The Morgan fingerprint density at radius 1 is 1.03 bits per heavy atom. The predicted octanol–water partition coefficient (Wildman–Crippen LogP) is 2.39. The summed E-state index contributed by atoms with van der Waals surface area (Å²) in [5.41, 5.74) is 1.73. The molecule has 1 saturated heterocycles. The number of H-pyrrole nitrogens is 1. The molecule has 9 nitrogen and oxygen atoms in total. The molecule has 0 bridgehead atoms. The van der Waals surface area contributed by atoms with Gasteiger partial charge in [-0.05, 0) is 18.6 Å². The molecule has 1 N–H and O–H groups in total. The quantitative estimate of drug-likeness (QED) is 0.559. The lowest BCUT2D eigenvalue weighted by atomic mass is 10.2. The lowest BCUT2D eigenvalue weighted by molar-refractivity contribution is 0.122. The first-order valence-electron chi connectivity index (χ1n) is 9.87. The zero-order valence-electron chi connectivity index (χ0n) is 16.2. The molecule has 0 saturated carbocycles. The molecule has 0 amide bonds. The number of pyridine rings is 1. The van der Waals surface area contributed by atoms with E-state index in [0.717, 1.165) is 48.4 Å². The van der Waals surface area contributed by atoms with Crippen molar-refractivity contribution in [2.45, 2.75) is 19.8 Å². The van der Waals surface area contributed by atoms with Crippen LogP contribution in [0.5, 0.6) is 0 Å². The van der Waals surface area contributed by atoms with Gasteiger partial charge in [-0.1, -0.05) is 6.92 Å². The van der Waals surface area contributed by atoms with Crippen molar-refractivity contribution < 1.29 is 4.74 Å². The molecule has 29 heavy (non-hydrogen) atoms. The van der Waals surface area contributed by atoms with Gasteiger partial charge >= 0.3 is 0 Å². The maximum absolute atomic E-state index is 5.50. The highest BCUT2D eigenvalue weighted by Crippen LogP contribution is 2.26. The fraction of sp³-hybridized carbons (Fsp3) is 0.350. The molecule has 1 aliphatic heterocycles. The lowest BCUT2D eigenvalue weighted by Crippen LogP contribution is -2.37. The Morgan fingerprint density at radius 3 is 2.76 bits per heavy atom. The lowest BCUT2D eigenvalue weighted by Gasteiger charge is -2.27. The van der Waals surface area contributed by atoms with Crippen molar-refractivity contribution in [3.63, 3.8) is 0 Å². The van der Waals surface area contributed by atoms with Crippen LogP contribution >= 0.6 is 0 Å². The van der Waals surface area contributed by atoms with Crippen LogP contribution in [0.15, 0.2) is 36.9 Å². The van der Waals surface area contributed by atoms with Gasteiger partial charge in [-0.25, -0.2) is 9.97 Å². The Balaban J connectivity index is 1.68. The van der Waals surface area contributed by atoms with Crippen LogP contribution < -0.4 is 4.90 Å². The number of rotatable bonds is 5. The number of anilines is 1. The van der Waals surface area contributed by atoms with Crippen LogP contribution in [0.2, 0.25) is 0 Å². The van der Waals surface area contributed by atoms with E-state index in [4.69, 9.17) is 19.7 Å². The number of morpholine rings is 1. The first-order chi connectivity index (χ1) is 14.3. The topological polar surface area (TPSA) is 97.6 Å². The van der Waals surface area contributed by atoms with Crippen LogP contribution in [-0.2, 0) is 11.2 Å². The van der Waals surface area contributed by atoms with Crippen molar-refractivity contribution in [2.24, 2.45) is 0 Å². The number of aromatic amines is 1. The molecule has 4 aromatic heterocycles. The summed E-state index contributed by atoms with van der Waals surface area (Å²) < 4.78 is 7.45. The van der Waals surface area contributed by atoms with E-state index in [9.17, 15) is 0 Å². The van der Waals surface area contributed by atoms with Crippen LogP contribution in [-0.4, -0.2) is 60.8 Å². The van der Waals surface area contributed by atoms with Crippen molar-refractivity contribution in [1.29, 1.82) is 0 Å². The molecule has 1 fully saturated rings. The van der Waals surface area contributed by atoms with E-state index in [1.807, 2.05) is 29.1 Å². The standard InChI is InChI=1S/C20H22N8O/c1-2-3-16-21-8-9-28(16)20-25-18(15-5-7-23-17-14(15)4-6-22-17)24-19(26-20)27-10-12-29-13-11-27/h4-9H,2-3,10-13H2,1H3,(H,22,23). The van der Waals surface area contributed by atoms with E-state index in [1.54, 1.807) is 12.4 Å². The maximum atomic E-state index is 5.50. The number of hydrogen-bond donors (Lipinski definition) is 1. The van der Waals surface area contributed by atoms with Gasteiger partial charge in [-0.15, -0.1) is 0 Å². The number of ether oxygens (including phenoxy) is 1. The number of imidazole rings is 1. The highest BCUT2D eigenvalue weighted by atomic mass is 16.5. The molecular weight excluding hydrogens is 368 g/mol. The Kier molecular flexibility index (Phi) is 4.65. The minimum Gasteiger partial charge on any atom is -0.378 e. The Hall–Kier alpha value is -3.33. The van der Waals surface area contributed by atoms with Gasteiger partial charge in [0.2, 0.25) is 11.9 Å². The molecule has 9 heteroatoms. The first-order valence-corrected chi connectivity index (χ1v) is 9.87. The van der Waals surface area contributed by atoms with Crippen LogP contribution in [0.4, 0.5) is 5.95 Å². The van der Waals surface area contributed by atoms with Gasteiger partial charge in [0.15, 0.2) is 5.82 Å². The summed E-state index contributed by atoms with van der Waals surface area (Å²) in [6, 6.07) is 3.94. The summed E-state index contributed by atoms with van der Waals surface area (Å²) in [7, 11) is 0. The zero-order chi connectivity index (χ0) is 19.6. The minimum atomic E-state index is 0.581. The third kappa shape index (κ3) is 3.33. The van der Waals surface area contributed by atoms with Crippen molar-refractivity contribution in [3.8, 4) is 17.3 Å². The maximum Gasteiger partial charge on any atom is 0.240 e. The molecule has 0 aromatic carbocycles. The molecule has 1 aliphatic rings. The van der Waals surface area contributed by atoms with Crippen molar-refractivity contribution in [1.82, 2.24) is 34.5 Å². The smallest absolute Gasteiger partial charge is 0.240 e. The monoisotopic (exact) mass is 390 g/mol. The minimum absolute atomic E-state index is 0.581. The van der Waals surface area contributed by atoms with Gasteiger partial charge in [0.05, 0.1) is 13.2 Å². The van der Waals surface area contributed by atoms with Crippen LogP contribution in [0, 0.1) is 0 Å². The number of aromatic nitrogens is 7. The average molecular weight is 390 g/mol. The summed E-state index contributed by atoms with van der Waals surface area (Å²) in [4.78, 5) is 28.6. The van der Waals surface area contributed by atoms with Gasteiger partial charge in [0, 0.05) is 55.2 Å². The Labute approximate surface area is 167 Å². The molecule has 0 spiro atoms. The fourth-order valence-corrected chi connectivity index (χ4v) is 3.57. The largest absolute Gasteiger partial charge is 0.378 e. The zero-order valence-corrected chi connectivity index (χ0v) is 16.2. The summed E-state index contributed by atoms with van der Waals surface area (Å²) in [5.74, 6) is 2.81. The first kappa shape index (κ1) is 17.7. The molecular formula is C20H22N8O. The molecule has 5 heterocycles. The van der Waals surface area contributed by atoms with Gasteiger partial charge in [-0.3, -0.25) is 4.57 Å². The molecule has 0 aliphatic carbocycles. The average Bonchev–Trinajstić information content (AvgIpc) is 3.43. The van der Waals surface area contributed by atoms with Crippen molar-refractivity contribution in [2.75, 3.05) is 31.2 Å². The SMILES string of the molecule is CCCc1nccn1-c1nc(-c2ccnc3[nH]ccc23)nc(N2CCOCC2)n1. The Morgan fingerprint density at radius 2 is 1.90 bits per heavy atom. The number of aryl methyl sites for hydroxylation is 1. The van der Waals surface area contributed by atoms with E-state index in [0.29, 0.717) is 30.9 Å². The van der Waals surface area contributed by atoms with Gasteiger partial charge in [0.1, 0.15) is 11.5 Å². The van der Waals surface area contributed by atoms with E-state index >= 15 is 0 Å². The molecule has 5 rings (SSSR count). The van der Waals surface area contributed by atoms with Crippen LogP contribution in [0.1, 0.15) is 19.2 Å². The second-order valence-corrected chi connectivity index (χ2v) is 6.92. The number of fused-ring (bicyclic) bond motifs is 1. The fourth-order valence-electron chi connectivity index (χ4n) is 3.57. The number of nitrogens with one attached hydrogen (secondary N) is 1. The molecule has 148 valence electrons. The summed E-state index contributed by atoms with van der Waals surface area (Å²) in [6.07, 6.45) is 9.20.